The van der Waals surface area contributed by atoms with Crippen molar-refractivity contribution >= 4 is 33.4 Å². The Morgan fingerprint density at radius 1 is 1.00 bits per heavy atom. The van der Waals surface area contributed by atoms with E-state index in [2.05, 4.69) is 15.9 Å². The minimum Gasteiger partial charge on any atom is -0.493 e. The summed E-state index contributed by atoms with van der Waals surface area (Å²) in [6.45, 7) is 1.53. The van der Waals surface area contributed by atoms with Gasteiger partial charge in [0.05, 0.1) is 21.3 Å². The first-order valence-electron chi connectivity index (χ1n) is 7.28. The molecule has 0 unspecified atom stereocenters. The van der Waals surface area contributed by atoms with E-state index in [0.29, 0.717) is 28.4 Å². The average Bonchev–Trinajstić information content (AvgIpc) is 2.58. The van der Waals surface area contributed by atoms with Crippen LogP contribution in [0.2, 0.25) is 0 Å². The normalized spacial score (nSPS) is 11.1. The third kappa shape index (κ3) is 3.97. The average molecular weight is 391 g/mol. The highest BCUT2D eigenvalue weighted by Crippen LogP contribution is 2.40. The Hall–Kier alpha value is -2.27. The van der Waals surface area contributed by atoms with E-state index < -0.39 is 0 Å². The van der Waals surface area contributed by atoms with Crippen LogP contribution in [0, 0.1) is 0 Å². The molecule has 126 valence electrons. The number of carbonyl (C=O) groups excluding carboxylic acids is 1. The molecule has 0 N–H and O–H groups in total. The van der Waals surface area contributed by atoms with Crippen molar-refractivity contribution in [3.05, 3.63) is 52.0 Å². The van der Waals surface area contributed by atoms with Gasteiger partial charge in [0, 0.05) is 10.0 Å². The molecule has 0 amide bonds. The highest BCUT2D eigenvalue weighted by Gasteiger charge is 2.17. The lowest BCUT2D eigenvalue weighted by Gasteiger charge is -2.15. The minimum atomic E-state index is -0.0516. The van der Waals surface area contributed by atoms with Crippen LogP contribution in [0.25, 0.3) is 11.6 Å². The summed E-state index contributed by atoms with van der Waals surface area (Å²) in [6.07, 6.45) is 1.84. The number of allylic oxidation sites excluding steroid dienone is 1. The second kappa shape index (κ2) is 8.02. The number of halogens is 1. The Bertz CT molecular complexity index is 756. The quantitative estimate of drug-likeness (QED) is 0.533. The van der Waals surface area contributed by atoms with Crippen molar-refractivity contribution in [2.24, 2.45) is 0 Å². The lowest BCUT2D eigenvalue weighted by molar-refractivity contribution is -0.111. The predicted octanol–water partition coefficient (Wildman–Crippen LogP) is 4.60. The van der Waals surface area contributed by atoms with Crippen molar-refractivity contribution in [2.45, 2.75) is 6.92 Å². The van der Waals surface area contributed by atoms with Crippen molar-refractivity contribution < 1.29 is 19.0 Å². The second-order valence-electron chi connectivity index (χ2n) is 5.08. The lowest BCUT2D eigenvalue weighted by Crippen LogP contribution is -2.00. The summed E-state index contributed by atoms with van der Waals surface area (Å²) in [5, 5.41) is 0. The molecule has 0 aliphatic carbocycles. The van der Waals surface area contributed by atoms with Gasteiger partial charge < -0.3 is 14.2 Å². The topological polar surface area (TPSA) is 44.8 Å². The largest absolute Gasteiger partial charge is 0.493 e. The van der Waals surface area contributed by atoms with Crippen LogP contribution < -0.4 is 14.2 Å². The number of methoxy groups -OCH3 is 3. The third-order valence-corrected chi connectivity index (χ3v) is 4.01. The lowest BCUT2D eigenvalue weighted by atomic mass is 9.98. The molecule has 5 heteroatoms. The van der Waals surface area contributed by atoms with Crippen LogP contribution in [0.4, 0.5) is 0 Å². The first-order chi connectivity index (χ1) is 11.5. The fourth-order valence-electron chi connectivity index (χ4n) is 2.39. The molecule has 0 saturated carbocycles. The molecule has 2 aromatic carbocycles. The molecule has 0 atom stereocenters. The molecule has 0 bridgehead atoms. The number of benzene rings is 2. The summed E-state index contributed by atoms with van der Waals surface area (Å²) >= 11 is 3.44. The summed E-state index contributed by atoms with van der Waals surface area (Å²) in [5.74, 6) is 1.46. The second-order valence-corrected chi connectivity index (χ2v) is 6.00. The monoisotopic (exact) mass is 390 g/mol. The maximum Gasteiger partial charge on any atom is 0.203 e. The molecule has 2 rings (SSSR count). The van der Waals surface area contributed by atoms with Gasteiger partial charge in [-0.15, -0.1) is 0 Å². The van der Waals surface area contributed by atoms with E-state index in [1.807, 2.05) is 30.3 Å². The fourth-order valence-corrected chi connectivity index (χ4v) is 2.80. The van der Waals surface area contributed by atoms with E-state index in [1.165, 1.54) is 6.92 Å². The van der Waals surface area contributed by atoms with Crippen molar-refractivity contribution in [3.8, 4) is 17.2 Å². The molecular formula is C19H19BrO4. The molecule has 24 heavy (non-hydrogen) atoms. The van der Waals surface area contributed by atoms with Gasteiger partial charge in [-0.05, 0) is 48.4 Å². The van der Waals surface area contributed by atoms with Crippen LogP contribution in [0.3, 0.4) is 0 Å². The molecule has 0 heterocycles. The van der Waals surface area contributed by atoms with E-state index in [1.54, 1.807) is 33.5 Å². The zero-order chi connectivity index (χ0) is 17.7. The van der Waals surface area contributed by atoms with Crippen LogP contribution in [0.1, 0.15) is 18.1 Å². The van der Waals surface area contributed by atoms with Crippen molar-refractivity contribution in [1.82, 2.24) is 0 Å². The first-order valence-corrected chi connectivity index (χ1v) is 8.08. The smallest absolute Gasteiger partial charge is 0.203 e. The predicted molar refractivity (Wildman–Crippen MR) is 98.8 cm³/mol. The van der Waals surface area contributed by atoms with Gasteiger partial charge in [-0.25, -0.2) is 0 Å². The fraction of sp³-hybridized carbons (Fsp3) is 0.211. The van der Waals surface area contributed by atoms with E-state index in [0.717, 1.165) is 10.0 Å². The molecule has 4 nitrogen and oxygen atoms in total. The highest BCUT2D eigenvalue weighted by molar-refractivity contribution is 9.10. The first kappa shape index (κ1) is 18.1. The molecule has 0 aliphatic heterocycles. The molecular weight excluding hydrogens is 372 g/mol. The van der Waals surface area contributed by atoms with E-state index in [4.69, 9.17) is 14.2 Å². The van der Waals surface area contributed by atoms with Crippen molar-refractivity contribution in [3.63, 3.8) is 0 Å². The van der Waals surface area contributed by atoms with E-state index in [9.17, 15) is 4.79 Å². The Kier molecular flexibility index (Phi) is 6.04. The van der Waals surface area contributed by atoms with Gasteiger partial charge in [0.15, 0.2) is 17.3 Å². The molecule has 0 aliphatic rings. The third-order valence-electron chi connectivity index (χ3n) is 3.51. The summed E-state index contributed by atoms with van der Waals surface area (Å²) in [5.41, 5.74) is 2.19. The van der Waals surface area contributed by atoms with Gasteiger partial charge in [-0.1, -0.05) is 28.1 Å². The number of hydrogen-bond acceptors (Lipinski definition) is 4. The summed E-state index contributed by atoms with van der Waals surface area (Å²) in [7, 11) is 4.64. The van der Waals surface area contributed by atoms with Crippen LogP contribution in [0.15, 0.2) is 40.9 Å². The molecule has 0 aromatic heterocycles. The van der Waals surface area contributed by atoms with Crippen molar-refractivity contribution in [1.29, 1.82) is 0 Å². The Morgan fingerprint density at radius 2 is 1.62 bits per heavy atom. The zero-order valence-corrected chi connectivity index (χ0v) is 15.6. The molecule has 2 aromatic rings. The number of carbonyl (C=O) groups is 1. The Morgan fingerprint density at radius 3 is 2.08 bits per heavy atom. The van der Waals surface area contributed by atoms with Crippen LogP contribution in [-0.4, -0.2) is 27.1 Å². The molecule has 0 spiro atoms. The van der Waals surface area contributed by atoms with Gasteiger partial charge in [0.2, 0.25) is 5.75 Å². The summed E-state index contributed by atoms with van der Waals surface area (Å²) in [6, 6.07) is 11.3. The Balaban J connectivity index is 2.62. The standard InChI is InChI=1S/C19H19BrO4/c1-12(21)16(9-13-6-5-7-15(20)8-13)14-10-17(22-2)19(24-4)18(11-14)23-3/h5-11H,1-4H3/b16-9-. The van der Waals surface area contributed by atoms with Gasteiger partial charge in [0.1, 0.15) is 0 Å². The highest BCUT2D eigenvalue weighted by atomic mass is 79.9. The number of hydrogen-bond donors (Lipinski definition) is 0. The van der Waals surface area contributed by atoms with Gasteiger partial charge >= 0.3 is 0 Å². The number of ketones is 1. The van der Waals surface area contributed by atoms with Gasteiger partial charge in [-0.3, -0.25) is 4.79 Å². The van der Waals surface area contributed by atoms with Crippen LogP contribution in [0.5, 0.6) is 17.2 Å². The number of ether oxygens (including phenoxy) is 3. The zero-order valence-electron chi connectivity index (χ0n) is 14.1. The Labute approximate surface area is 150 Å². The SMILES string of the molecule is COc1cc(/C(=C\c2cccc(Br)c2)C(C)=O)cc(OC)c1OC. The number of Topliss-reactive ketones (excluding diaryl/α,β-unsaturated/α-hetero) is 1. The minimum absolute atomic E-state index is 0.0516. The molecule has 0 saturated heterocycles. The molecule has 0 radical (unpaired) electrons. The van der Waals surface area contributed by atoms with Crippen molar-refractivity contribution in [2.75, 3.05) is 21.3 Å². The van der Waals surface area contributed by atoms with E-state index in [-0.39, 0.29) is 5.78 Å². The van der Waals surface area contributed by atoms with Crippen LogP contribution in [-0.2, 0) is 4.79 Å². The van der Waals surface area contributed by atoms with Gasteiger partial charge in [-0.2, -0.15) is 0 Å². The number of rotatable bonds is 6. The maximum absolute atomic E-state index is 12.2. The van der Waals surface area contributed by atoms with E-state index >= 15 is 0 Å². The summed E-state index contributed by atoms with van der Waals surface area (Å²) in [4.78, 5) is 12.2. The molecule has 0 fully saturated rings. The van der Waals surface area contributed by atoms with Crippen LogP contribution >= 0.6 is 15.9 Å². The maximum atomic E-state index is 12.2. The van der Waals surface area contributed by atoms with Gasteiger partial charge in [0.25, 0.3) is 0 Å². The summed E-state index contributed by atoms with van der Waals surface area (Å²) < 4.78 is 17.0.